The minimum absolute atomic E-state index is 0.375. The predicted octanol–water partition coefficient (Wildman–Crippen LogP) is -0.337. The molecule has 0 aromatic rings. The molecule has 2 rings (SSSR count). The van der Waals surface area contributed by atoms with Crippen LogP contribution in [0.1, 0.15) is 12.8 Å². The van der Waals surface area contributed by atoms with E-state index in [1.165, 1.54) is 19.4 Å². The van der Waals surface area contributed by atoms with Crippen molar-refractivity contribution in [2.24, 2.45) is 5.92 Å². The van der Waals surface area contributed by atoms with Gasteiger partial charge in [0.15, 0.2) is 0 Å². The summed E-state index contributed by atoms with van der Waals surface area (Å²) in [5, 5.41) is 12.4. The van der Waals surface area contributed by atoms with Crippen molar-refractivity contribution >= 4 is 0 Å². The maximum atomic E-state index is 9.04. The third kappa shape index (κ3) is 1.63. The number of nitrogens with zero attached hydrogens (tertiary/aromatic N) is 1. The minimum Gasteiger partial charge on any atom is -0.396 e. The molecule has 70 valence electrons. The molecule has 2 aliphatic rings. The van der Waals surface area contributed by atoms with Gasteiger partial charge in [-0.1, -0.05) is 0 Å². The highest BCUT2D eigenvalue weighted by Crippen LogP contribution is 2.25. The van der Waals surface area contributed by atoms with Crippen molar-refractivity contribution < 1.29 is 5.11 Å². The van der Waals surface area contributed by atoms with E-state index in [1.54, 1.807) is 0 Å². The van der Waals surface area contributed by atoms with Gasteiger partial charge in [0.05, 0.1) is 0 Å². The Kier molecular flexibility index (Phi) is 2.63. The lowest BCUT2D eigenvalue weighted by molar-refractivity contribution is 0.219. The van der Waals surface area contributed by atoms with Gasteiger partial charge >= 0.3 is 0 Å². The molecule has 2 N–H and O–H groups in total. The molecule has 0 amide bonds. The zero-order chi connectivity index (χ0) is 8.39. The molecule has 0 saturated carbocycles. The highest BCUT2D eigenvalue weighted by molar-refractivity contribution is 4.87. The molecular weight excluding hydrogens is 152 g/mol. The second-order valence-electron chi connectivity index (χ2n) is 3.97. The summed E-state index contributed by atoms with van der Waals surface area (Å²) in [5.74, 6) is 0.549. The lowest BCUT2D eigenvalue weighted by Crippen LogP contribution is -2.31. The Bertz CT molecular complexity index is 137. The monoisotopic (exact) mass is 170 g/mol. The zero-order valence-corrected chi connectivity index (χ0v) is 7.50. The first kappa shape index (κ1) is 8.48. The molecule has 0 spiro atoms. The Morgan fingerprint density at radius 1 is 1.42 bits per heavy atom. The molecule has 2 fully saturated rings. The van der Waals surface area contributed by atoms with Crippen LogP contribution in [0, 0.1) is 5.92 Å². The standard InChI is InChI=1S/C9H18N2O/c12-7-8-5-9-1-2-10-3-4-11(9)6-8/h8-10,12H,1-7H2. The summed E-state index contributed by atoms with van der Waals surface area (Å²) in [6.07, 6.45) is 2.47. The van der Waals surface area contributed by atoms with Gasteiger partial charge in [0, 0.05) is 32.3 Å². The van der Waals surface area contributed by atoms with Crippen LogP contribution in [0.5, 0.6) is 0 Å². The summed E-state index contributed by atoms with van der Waals surface area (Å²) in [6.45, 7) is 4.93. The van der Waals surface area contributed by atoms with E-state index in [1.807, 2.05) is 0 Å². The second-order valence-corrected chi connectivity index (χ2v) is 3.97. The van der Waals surface area contributed by atoms with E-state index in [0.29, 0.717) is 12.5 Å². The first-order valence-corrected chi connectivity index (χ1v) is 4.96. The molecule has 0 aromatic carbocycles. The van der Waals surface area contributed by atoms with Crippen molar-refractivity contribution in [2.75, 3.05) is 32.8 Å². The van der Waals surface area contributed by atoms with E-state index in [9.17, 15) is 0 Å². The van der Waals surface area contributed by atoms with Gasteiger partial charge in [-0.2, -0.15) is 0 Å². The predicted molar refractivity (Wildman–Crippen MR) is 48.0 cm³/mol. The molecule has 0 bridgehead atoms. The number of hydrogen-bond acceptors (Lipinski definition) is 3. The average Bonchev–Trinajstić information content (AvgIpc) is 2.37. The van der Waals surface area contributed by atoms with E-state index in [0.717, 1.165) is 25.7 Å². The number of fused-ring (bicyclic) bond motifs is 1. The largest absolute Gasteiger partial charge is 0.396 e. The number of hydrogen-bond donors (Lipinski definition) is 2. The van der Waals surface area contributed by atoms with Crippen LogP contribution in [0.3, 0.4) is 0 Å². The van der Waals surface area contributed by atoms with Crippen LogP contribution in [0.4, 0.5) is 0 Å². The van der Waals surface area contributed by atoms with Gasteiger partial charge in [-0.15, -0.1) is 0 Å². The van der Waals surface area contributed by atoms with Crippen LogP contribution in [0.2, 0.25) is 0 Å². The highest BCUT2D eigenvalue weighted by Gasteiger charge is 2.31. The van der Waals surface area contributed by atoms with E-state index >= 15 is 0 Å². The zero-order valence-electron chi connectivity index (χ0n) is 7.50. The van der Waals surface area contributed by atoms with Crippen LogP contribution in [0.15, 0.2) is 0 Å². The second kappa shape index (κ2) is 3.73. The van der Waals surface area contributed by atoms with Gasteiger partial charge in [-0.3, -0.25) is 4.90 Å². The summed E-state index contributed by atoms with van der Waals surface area (Å²) >= 11 is 0. The van der Waals surface area contributed by atoms with Gasteiger partial charge in [0.25, 0.3) is 0 Å². The Morgan fingerprint density at radius 3 is 3.17 bits per heavy atom. The summed E-state index contributed by atoms with van der Waals surface area (Å²) in [4.78, 5) is 2.53. The summed E-state index contributed by atoms with van der Waals surface area (Å²) in [7, 11) is 0. The fraction of sp³-hybridized carbons (Fsp3) is 1.00. The molecule has 12 heavy (non-hydrogen) atoms. The lowest BCUT2D eigenvalue weighted by atomic mass is 10.1. The Balaban J connectivity index is 1.92. The highest BCUT2D eigenvalue weighted by atomic mass is 16.3. The van der Waals surface area contributed by atoms with Gasteiger partial charge in [0.1, 0.15) is 0 Å². The number of nitrogens with one attached hydrogen (secondary N) is 1. The summed E-state index contributed by atoms with van der Waals surface area (Å²) in [5.41, 5.74) is 0. The van der Waals surface area contributed by atoms with E-state index in [4.69, 9.17) is 5.11 Å². The van der Waals surface area contributed by atoms with Crippen molar-refractivity contribution in [1.29, 1.82) is 0 Å². The maximum Gasteiger partial charge on any atom is 0.0472 e. The first-order chi connectivity index (χ1) is 5.90. The fourth-order valence-electron chi connectivity index (χ4n) is 2.41. The van der Waals surface area contributed by atoms with Crippen molar-refractivity contribution in [1.82, 2.24) is 10.2 Å². The van der Waals surface area contributed by atoms with Gasteiger partial charge in [-0.05, 0) is 25.3 Å². The molecule has 0 aromatic heterocycles. The van der Waals surface area contributed by atoms with Crippen molar-refractivity contribution in [3.63, 3.8) is 0 Å². The average molecular weight is 170 g/mol. The van der Waals surface area contributed by atoms with E-state index in [-0.39, 0.29) is 0 Å². The normalized spacial score (nSPS) is 37.8. The molecule has 2 atom stereocenters. The SMILES string of the molecule is OCC1CC2CCNCCN2C1. The molecule has 0 aliphatic carbocycles. The molecular formula is C9H18N2O. The minimum atomic E-state index is 0.375. The number of rotatable bonds is 1. The lowest BCUT2D eigenvalue weighted by Gasteiger charge is -2.19. The molecule has 3 nitrogen and oxygen atoms in total. The Morgan fingerprint density at radius 2 is 2.33 bits per heavy atom. The van der Waals surface area contributed by atoms with Crippen LogP contribution in [-0.4, -0.2) is 48.8 Å². The third-order valence-electron chi connectivity index (χ3n) is 3.10. The molecule has 2 heterocycles. The van der Waals surface area contributed by atoms with Crippen LogP contribution in [-0.2, 0) is 0 Å². The molecule has 3 heteroatoms. The third-order valence-corrected chi connectivity index (χ3v) is 3.10. The van der Waals surface area contributed by atoms with E-state index < -0.39 is 0 Å². The summed E-state index contributed by atoms with van der Waals surface area (Å²) < 4.78 is 0. The van der Waals surface area contributed by atoms with Crippen LogP contribution in [0.25, 0.3) is 0 Å². The summed E-state index contributed by atoms with van der Waals surface area (Å²) in [6, 6.07) is 0.747. The maximum absolute atomic E-state index is 9.04. The number of aliphatic hydroxyl groups excluding tert-OH is 1. The molecule has 2 unspecified atom stereocenters. The first-order valence-electron chi connectivity index (χ1n) is 4.96. The fourth-order valence-corrected chi connectivity index (χ4v) is 2.41. The smallest absolute Gasteiger partial charge is 0.0472 e. The van der Waals surface area contributed by atoms with Crippen molar-refractivity contribution in [2.45, 2.75) is 18.9 Å². The topological polar surface area (TPSA) is 35.5 Å². The van der Waals surface area contributed by atoms with Gasteiger partial charge in [0.2, 0.25) is 0 Å². The van der Waals surface area contributed by atoms with Crippen molar-refractivity contribution in [3.8, 4) is 0 Å². The molecule has 0 radical (unpaired) electrons. The number of aliphatic hydroxyl groups is 1. The molecule has 2 saturated heterocycles. The molecule has 2 aliphatic heterocycles. The van der Waals surface area contributed by atoms with Crippen LogP contribution >= 0.6 is 0 Å². The van der Waals surface area contributed by atoms with Crippen molar-refractivity contribution in [3.05, 3.63) is 0 Å². The van der Waals surface area contributed by atoms with Crippen LogP contribution < -0.4 is 5.32 Å². The van der Waals surface area contributed by atoms with E-state index in [2.05, 4.69) is 10.2 Å². The van der Waals surface area contributed by atoms with Gasteiger partial charge < -0.3 is 10.4 Å². The Hall–Kier alpha value is -0.120. The Labute approximate surface area is 73.8 Å². The quantitative estimate of drug-likeness (QED) is 0.565. The van der Waals surface area contributed by atoms with Gasteiger partial charge in [-0.25, -0.2) is 0 Å².